The van der Waals surface area contributed by atoms with E-state index < -0.39 is 0 Å². The molecule has 2 N–H and O–H groups in total. The number of halogens is 1. The van der Waals surface area contributed by atoms with Crippen LogP contribution in [0.2, 0.25) is 5.02 Å². The van der Waals surface area contributed by atoms with Crippen molar-refractivity contribution < 1.29 is 14.3 Å². The van der Waals surface area contributed by atoms with Gasteiger partial charge in [0, 0.05) is 11.6 Å². The Kier molecular flexibility index (Phi) is 5.56. The summed E-state index contributed by atoms with van der Waals surface area (Å²) >= 11 is 5.94. The Morgan fingerprint density at radius 3 is 2.83 bits per heavy atom. The molecule has 0 bridgehead atoms. The summed E-state index contributed by atoms with van der Waals surface area (Å²) in [6.45, 7) is 1.72. The lowest BCUT2D eigenvalue weighted by atomic mass is 10.1. The van der Waals surface area contributed by atoms with Crippen LogP contribution in [-0.4, -0.2) is 25.8 Å². The Morgan fingerprint density at radius 2 is 1.96 bits per heavy atom. The van der Waals surface area contributed by atoms with E-state index in [1.54, 1.807) is 0 Å². The minimum Gasteiger partial charge on any atom is -0.454 e. The Bertz CT molecular complexity index is 721. The third kappa shape index (κ3) is 4.63. The molecule has 2 aromatic rings. The van der Waals surface area contributed by atoms with Crippen LogP contribution >= 0.6 is 11.6 Å². The number of carbonyl (C=O) groups excluding carboxylic acids is 1. The molecule has 2 aromatic carbocycles. The number of rotatable bonds is 7. The van der Waals surface area contributed by atoms with E-state index in [1.165, 1.54) is 0 Å². The second-order valence-corrected chi connectivity index (χ2v) is 5.96. The molecule has 5 nitrogen and oxygen atoms in total. The van der Waals surface area contributed by atoms with Gasteiger partial charge in [0.15, 0.2) is 11.5 Å². The summed E-state index contributed by atoms with van der Waals surface area (Å²) in [7, 11) is 0. The van der Waals surface area contributed by atoms with Gasteiger partial charge in [0.25, 0.3) is 0 Å². The van der Waals surface area contributed by atoms with Crippen molar-refractivity contribution in [2.75, 3.05) is 19.9 Å². The van der Waals surface area contributed by atoms with Crippen molar-refractivity contribution >= 4 is 17.5 Å². The van der Waals surface area contributed by atoms with Gasteiger partial charge < -0.3 is 20.1 Å². The third-order valence-electron chi connectivity index (χ3n) is 3.69. The first-order valence-corrected chi connectivity index (χ1v) is 8.19. The molecule has 0 fully saturated rings. The van der Waals surface area contributed by atoms with Crippen LogP contribution in [-0.2, 0) is 17.8 Å². The quantitative estimate of drug-likeness (QED) is 0.756. The SMILES string of the molecule is O=C(CNCCc1cccc(Cl)c1)NCc1ccc2c(c1)OCO2. The molecule has 0 saturated carbocycles. The van der Waals surface area contributed by atoms with Crippen molar-refractivity contribution in [2.24, 2.45) is 0 Å². The van der Waals surface area contributed by atoms with E-state index >= 15 is 0 Å². The fourth-order valence-corrected chi connectivity index (χ4v) is 2.65. The number of nitrogens with one attached hydrogen (secondary N) is 2. The minimum atomic E-state index is -0.0428. The van der Waals surface area contributed by atoms with E-state index in [1.807, 2.05) is 42.5 Å². The van der Waals surface area contributed by atoms with Gasteiger partial charge >= 0.3 is 0 Å². The molecule has 24 heavy (non-hydrogen) atoms. The molecular weight excluding hydrogens is 328 g/mol. The van der Waals surface area contributed by atoms with Crippen LogP contribution < -0.4 is 20.1 Å². The zero-order valence-corrected chi connectivity index (χ0v) is 13.9. The Balaban J connectivity index is 1.35. The van der Waals surface area contributed by atoms with E-state index in [-0.39, 0.29) is 19.2 Å². The summed E-state index contributed by atoms with van der Waals surface area (Å²) < 4.78 is 10.6. The molecule has 0 spiro atoms. The molecule has 0 saturated heterocycles. The molecular formula is C18H19ClN2O3. The molecule has 0 atom stereocenters. The summed E-state index contributed by atoms with van der Waals surface area (Å²) in [6, 6.07) is 13.4. The molecule has 126 valence electrons. The predicted molar refractivity (Wildman–Crippen MR) is 92.4 cm³/mol. The highest BCUT2D eigenvalue weighted by molar-refractivity contribution is 6.30. The lowest BCUT2D eigenvalue weighted by molar-refractivity contribution is -0.120. The maximum atomic E-state index is 11.9. The summed E-state index contributed by atoms with van der Waals surface area (Å²) in [5.41, 5.74) is 2.13. The summed E-state index contributed by atoms with van der Waals surface area (Å²) in [6.07, 6.45) is 0.829. The molecule has 6 heteroatoms. The molecule has 0 radical (unpaired) electrons. The first kappa shape index (κ1) is 16.6. The Hall–Kier alpha value is -2.24. The van der Waals surface area contributed by atoms with Crippen LogP contribution in [0.25, 0.3) is 0 Å². The molecule has 0 aromatic heterocycles. The van der Waals surface area contributed by atoms with E-state index in [2.05, 4.69) is 10.6 Å². The van der Waals surface area contributed by atoms with Gasteiger partial charge in [0.2, 0.25) is 12.7 Å². The van der Waals surface area contributed by atoms with Gasteiger partial charge in [-0.2, -0.15) is 0 Å². The zero-order chi connectivity index (χ0) is 16.8. The van der Waals surface area contributed by atoms with Crippen LogP contribution in [0, 0.1) is 0 Å². The van der Waals surface area contributed by atoms with Crippen molar-refractivity contribution in [3.8, 4) is 11.5 Å². The number of fused-ring (bicyclic) bond motifs is 1. The number of benzene rings is 2. The second-order valence-electron chi connectivity index (χ2n) is 5.52. The number of hydrogen-bond donors (Lipinski definition) is 2. The molecule has 1 heterocycles. The zero-order valence-electron chi connectivity index (χ0n) is 13.2. The topological polar surface area (TPSA) is 59.6 Å². The van der Waals surface area contributed by atoms with Gasteiger partial charge in [-0.25, -0.2) is 0 Å². The molecule has 0 unspecified atom stereocenters. The van der Waals surface area contributed by atoms with Crippen molar-refractivity contribution in [2.45, 2.75) is 13.0 Å². The Labute approximate surface area is 145 Å². The van der Waals surface area contributed by atoms with Crippen LogP contribution in [0.5, 0.6) is 11.5 Å². The number of hydrogen-bond acceptors (Lipinski definition) is 4. The summed E-state index contributed by atoms with van der Waals surface area (Å²) in [5.74, 6) is 1.42. The number of carbonyl (C=O) groups is 1. The van der Waals surface area contributed by atoms with Crippen LogP contribution in [0.1, 0.15) is 11.1 Å². The van der Waals surface area contributed by atoms with Crippen molar-refractivity contribution in [1.82, 2.24) is 10.6 Å². The highest BCUT2D eigenvalue weighted by atomic mass is 35.5. The van der Waals surface area contributed by atoms with E-state index in [4.69, 9.17) is 21.1 Å². The Morgan fingerprint density at radius 1 is 1.08 bits per heavy atom. The lowest BCUT2D eigenvalue weighted by Gasteiger charge is -2.08. The highest BCUT2D eigenvalue weighted by Gasteiger charge is 2.13. The van der Waals surface area contributed by atoms with Gasteiger partial charge in [-0.3, -0.25) is 4.79 Å². The monoisotopic (exact) mass is 346 g/mol. The summed E-state index contributed by atoms with van der Waals surface area (Å²) in [4.78, 5) is 11.9. The van der Waals surface area contributed by atoms with E-state index in [9.17, 15) is 4.79 Å². The molecule has 0 aliphatic carbocycles. The number of ether oxygens (including phenoxy) is 2. The van der Waals surface area contributed by atoms with Crippen molar-refractivity contribution in [3.05, 3.63) is 58.6 Å². The third-order valence-corrected chi connectivity index (χ3v) is 3.93. The normalized spacial score (nSPS) is 12.2. The minimum absolute atomic E-state index is 0.0428. The van der Waals surface area contributed by atoms with Crippen LogP contribution in [0.4, 0.5) is 0 Å². The molecule has 3 rings (SSSR count). The highest BCUT2D eigenvalue weighted by Crippen LogP contribution is 2.32. The van der Waals surface area contributed by atoms with Gasteiger partial charge in [0.05, 0.1) is 6.54 Å². The maximum Gasteiger partial charge on any atom is 0.234 e. The fraction of sp³-hybridized carbons (Fsp3) is 0.278. The van der Waals surface area contributed by atoms with Crippen molar-refractivity contribution in [3.63, 3.8) is 0 Å². The van der Waals surface area contributed by atoms with E-state index in [0.29, 0.717) is 6.54 Å². The largest absolute Gasteiger partial charge is 0.454 e. The second kappa shape index (κ2) is 8.04. The average molecular weight is 347 g/mol. The lowest BCUT2D eigenvalue weighted by Crippen LogP contribution is -2.34. The summed E-state index contributed by atoms with van der Waals surface area (Å²) in [5, 5.41) is 6.74. The van der Waals surface area contributed by atoms with Crippen molar-refractivity contribution in [1.29, 1.82) is 0 Å². The van der Waals surface area contributed by atoms with Gasteiger partial charge in [0.1, 0.15) is 0 Å². The van der Waals surface area contributed by atoms with Crippen LogP contribution in [0.3, 0.4) is 0 Å². The molecule has 1 aliphatic rings. The molecule has 1 aliphatic heterocycles. The maximum absolute atomic E-state index is 11.9. The fourth-order valence-electron chi connectivity index (χ4n) is 2.44. The smallest absolute Gasteiger partial charge is 0.234 e. The first-order valence-electron chi connectivity index (χ1n) is 7.81. The van der Waals surface area contributed by atoms with Gasteiger partial charge in [-0.05, 0) is 48.4 Å². The van der Waals surface area contributed by atoms with Crippen LogP contribution in [0.15, 0.2) is 42.5 Å². The number of amides is 1. The average Bonchev–Trinajstić information content (AvgIpc) is 3.05. The van der Waals surface area contributed by atoms with Gasteiger partial charge in [-0.15, -0.1) is 0 Å². The first-order chi connectivity index (χ1) is 11.7. The molecule has 1 amide bonds. The standard InChI is InChI=1S/C18H19ClN2O3/c19-15-3-1-2-13(8-15)6-7-20-11-18(22)21-10-14-4-5-16-17(9-14)24-12-23-16/h1-5,8-9,20H,6-7,10-12H2,(H,21,22). The van der Waals surface area contributed by atoms with E-state index in [0.717, 1.165) is 40.6 Å². The predicted octanol–water partition coefficient (Wildman–Crippen LogP) is 2.52. The van der Waals surface area contributed by atoms with Gasteiger partial charge in [-0.1, -0.05) is 29.8 Å².